The Bertz CT molecular complexity index is 1590. The van der Waals surface area contributed by atoms with Gasteiger partial charge in [0, 0.05) is 29.0 Å². The Morgan fingerprint density at radius 3 is 2.24 bits per heavy atom. The highest BCUT2D eigenvalue weighted by molar-refractivity contribution is 6.37. The average molecular weight is 557 g/mol. The van der Waals surface area contributed by atoms with Gasteiger partial charge in [-0.25, -0.2) is 0 Å². The number of fused-ring (bicyclic) bond motifs is 1. The Morgan fingerprint density at radius 1 is 0.833 bits per heavy atom. The summed E-state index contributed by atoms with van der Waals surface area (Å²) in [6.07, 6.45) is 3.87. The first-order valence-corrected chi connectivity index (χ1v) is 14.7. The molecule has 2 aliphatic heterocycles. The molecule has 0 radical (unpaired) electrons. The summed E-state index contributed by atoms with van der Waals surface area (Å²) in [6, 6.07) is 33.4. The number of hydrogen-bond donors (Lipinski definition) is 3. The van der Waals surface area contributed by atoms with Crippen LogP contribution >= 0.6 is 0 Å². The fourth-order valence-corrected chi connectivity index (χ4v) is 5.76. The molecule has 1 saturated heterocycles. The fourth-order valence-electron chi connectivity index (χ4n) is 5.76. The lowest BCUT2D eigenvalue weighted by atomic mass is 9.98. The third kappa shape index (κ3) is 6.14. The molecule has 2 heterocycles. The van der Waals surface area contributed by atoms with Crippen LogP contribution in [0.15, 0.2) is 103 Å². The molecule has 42 heavy (non-hydrogen) atoms. The number of carbonyl (C=O) groups is 2. The zero-order chi connectivity index (χ0) is 28.9. The molecule has 2 amide bonds. The lowest BCUT2D eigenvalue weighted by molar-refractivity contribution is -0.110. The van der Waals surface area contributed by atoms with Gasteiger partial charge in [0.2, 0.25) is 0 Å². The van der Waals surface area contributed by atoms with Gasteiger partial charge in [-0.05, 0) is 79.9 Å². The second kappa shape index (κ2) is 12.5. The number of amides is 2. The lowest BCUT2D eigenvalue weighted by Gasteiger charge is -2.26. The number of piperidine rings is 1. The molecule has 1 atom stereocenters. The van der Waals surface area contributed by atoms with Crippen LogP contribution in [0.5, 0.6) is 0 Å². The molecule has 0 bridgehead atoms. The van der Waals surface area contributed by atoms with Crippen LogP contribution < -0.4 is 16.0 Å². The molecule has 0 saturated carbocycles. The Balaban J connectivity index is 1.30. The lowest BCUT2D eigenvalue weighted by Crippen LogP contribution is -2.29. The van der Waals surface area contributed by atoms with Crippen molar-refractivity contribution in [3.63, 3.8) is 0 Å². The van der Waals surface area contributed by atoms with Crippen LogP contribution in [0.3, 0.4) is 0 Å². The summed E-state index contributed by atoms with van der Waals surface area (Å²) in [4.78, 5) is 29.2. The zero-order valence-electron chi connectivity index (χ0n) is 23.9. The number of likely N-dealkylation sites (tertiary alicyclic amines) is 1. The molecule has 0 aromatic heterocycles. The van der Waals surface area contributed by atoms with E-state index in [1.54, 1.807) is 12.1 Å². The monoisotopic (exact) mass is 556 g/mol. The maximum absolute atomic E-state index is 13.4. The largest absolute Gasteiger partial charge is 0.354 e. The molecule has 6 rings (SSSR count). The standard InChI is InChI=1S/C36H36N4O2/c1-25(27-11-5-2-6-12-27)37-35(41)29-17-20-32-31(23-29)33(36(42)39-32)34(28-13-7-3-8-14-28)38-30-18-15-26(16-19-30)24-40-21-9-4-10-22-40/h2-3,5-8,11-20,23,25,38H,4,9-10,21-22,24H2,1H3,(H,37,41)(H,39,42)/b34-33-/t25-/m0/s1. The summed E-state index contributed by atoms with van der Waals surface area (Å²) in [7, 11) is 0. The first-order chi connectivity index (χ1) is 20.5. The molecule has 2 aliphatic rings. The number of nitrogens with zero attached hydrogens (tertiary/aromatic N) is 1. The number of hydrogen-bond acceptors (Lipinski definition) is 4. The molecule has 6 heteroatoms. The number of rotatable bonds is 8. The highest BCUT2D eigenvalue weighted by Gasteiger charge is 2.29. The van der Waals surface area contributed by atoms with E-state index in [1.165, 1.54) is 24.8 Å². The van der Waals surface area contributed by atoms with Gasteiger partial charge in [-0.3, -0.25) is 14.5 Å². The van der Waals surface area contributed by atoms with E-state index in [2.05, 4.69) is 45.1 Å². The minimum Gasteiger partial charge on any atom is -0.354 e. The van der Waals surface area contributed by atoms with Crippen molar-refractivity contribution in [1.29, 1.82) is 0 Å². The van der Waals surface area contributed by atoms with E-state index in [0.29, 0.717) is 28.1 Å². The second-order valence-electron chi connectivity index (χ2n) is 11.1. The van der Waals surface area contributed by atoms with Gasteiger partial charge in [0.1, 0.15) is 0 Å². The van der Waals surface area contributed by atoms with E-state index in [-0.39, 0.29) is 17.9 Å². The zero-order valence-corrected chi connectivity index (χ0v) is 23.9. The predicted molar refractivity (Wildman–Crippen MR) is 170 cm³/mol. The Morgan fingerprint density at radius 2 is 1.52 bits per heavy atom. The van der Waals surface area contributed by atoms with Crippen molar-refractivity contribution < 1.29 is 9.59 Å². The molecular weight excluding hydrogens is 520 g/mol. The van der Waals surface area contributed by atoms with Crippen LogP contribution in [0.25, 0.3) is 11.3 Å². The van der Waals surface area contributed by atoms with Crippen LogP contribution in [0.1, 0.15) is 64.8 Å². The van der Waals surface area contributed by atoms with Crippen molar-refractivity contribution in [3.8, 4) is 0 Å². The van der Waals surface area contributed by atoms with Crippen molar-refractivity contribution in [1.82, 2.24) is 10.2 Å². The number of nitrogens with one attached hydrogen (secondary N) is 3. The maximum Gasteiger partial charge on any atom is 0.258 e. The van der Waals surface area contributed by atoms with Gasteiger partial charge < -0.3 is 16.0 Å². The highest BCUT2D eigenvalue weighted by atomic mass is 16.2. The molecular formula is C36H36N4O2. The average Bonchev–Trinajstić information content (AvgIpc) is 3.36. The molecule has 6 nitrogen and oxygen atoms in total. The fraction of sp³-hybridized carbons (Fsp3) is 0.222. The maximum atomic E-state index is 13.4. The Labute approximate surface area is 247 Å². The molecule has 3 N–H and O–H groups in total. The van der Waals surface area contributed by atoms with Gasteiger partial charge >= 0.3 is 0 Å². The van der Waals surface area contributed by atoms with E-state index in [0.717, 1.165) is 36.4 Å². The highest BCUT2D eigenvalue weighted by Crippen LogP contribution is 2.38. The molecule has 4 aromatic carbocycles. The number of benzene rings is 4. The summed E-state index contributed by atoms with van der Waals surface area (Å²) >= 11 is 0. The van der Waals surface area contributed by atoms with Gasteiger partial charge in [0.15, 0.2) is 0 Å². The van der Waals surface area contributed by atoms with Crippen molar-refractivity contribution >= 4 is 34.5 Å². The molecule has 1 fully saturated rings. The normalized spacial score (nSPS) is 16.7. The van der Waals surface area contributed by atoms with Crippen molar-refractivity contribution in [2.24, 2.45) is 0 Å². The minimum atomic E-state index is -0.201. The first kappa shape index (κ1) is 27.5. The van der Waals surface area contributed by atoms with Crippen LogP contribution in [0.2, 0.25) is 0 Å². The van der Waals surface area contributed by atoms with Gasteiger partial charge in [-0.15, -0.1) is 0 Å². The minimum absolute atomic E-state index is 0.152. The van der Waals surface area contributed by atoms with Crippen molar-refractivity contribution in [3.05, 3.63) is 131 Å². The third-order valence-electron chi connectivity index (χ3n) is 8.06. The molecule has 0 unspecified atom stereocenters. The van der Waals surface area contributed by atoms with E-state index >= 15 is 0 Å². The van der Waals surface area contributed by atoms with Crippen LogP contribution in [0, 0.1) is 0 Å². The molecule has 4 aromatic rings. The quantitative estimate of drug-likeness (QED) is 0.203. The van der Waals surface area contributed by atoms with Crippen LogP contribution in [-0.2, 0) is 11.3 Å². The smallest absolute Gasteiger partial charge is 0.258 e. The topological polar surface area (TPSA) is 73.5 Å². The van der Waals surface area contributed by atoms with E-state index in [1.807, 2.05) is 73.7 Å². The van der Waals surface area contributed by atoms with E-state index < -0.39 is 0 Å². The first-order valence-electron chi connectivity index (χ1n) is 14.7. The van der Waals surface area contributed by atoms with Gasteiger partial charge in [0.05, 0.1) is 17.3 Å². The van der Waals surface area contributed by atoms with Gasteiger partial charge in [0.25, 0.3) is 11.8 Å². The third-order valence-corrected chi connectivity index (χ3v) is 8.06. The van der Waals surface area contributed by atoms with E-state index in [9.17, 15) is 9.59 Å². The SMILES string of the molecule is C[C@H](NC(=O)c1ccc2c(c1)/C(=C(/Nc1ccc(CN3CCCCC3)cc1)c1ccccc1)C(=O)N2)c1ccccc1. The van der Waals surface area contributed by atoms with Crippen LogP contribution in [0.4, 0.5) is 11.4 Å². The summed E-state index contributed by atoms with van der Waals surface area (Å²) in [5.74, 6) is -0.389. The van der Waals surface area contributed by atoms with E-state index in [4.69, 9.17) is 0 Å². The van der Waals surface area contributed by atoms with Crippen LogP contribution in [-0.4, -0.2) is 29.8 Å². The molecule has 212 valence electrons. The summed E-state index contributed by atoms with van der Waals surface area (Å²) in [6.45, 7) is 5.23. The summed E-state index contributed by atoms with van der Waals surface area (Å²) in [5.41, 5.74) is 7.20. The predicted octanol–water partition coefficient (Wildman–Crippen LogP) is 7.10. The van der Waals surface area contributed by atoms with Crippen molar-refractivity contribution in [2.45, 2.75) is 38.8 Å². The second-order valence-corrected chi connectivity index (χ2v) is 11.1. The Kier molecular flexibility index (Phi) is 8.15. The molecule has 0 spiro atoms. The molecule has 0 aliphatic carbocycles. The summed E-state index contributed by atoms with van der Waals surface area (Å²) in [5, 5.41) is 9.63. The van der Waals surface area contributed by atoms with Crippen molar-refractivity contribution in [2.75, 3.05) is 23.7 Å². The Hall–Kier alpha value is -4.68. The number of anilines is 2. The van der Waals surface area contributed by atoms with Gasteiger partial charge in [-0.1, -0.05) is 79.2 Å². The summed E-state index contributed by atoms with van der Waals surface area (Å²) < 4.78 is 0. The van der Waals surface area contributed by atoms with Gasteiger partial charge in [-0.2, -0.15) is 0 Å². The number of carbonyl (C=O) groups excluding carboxylic acids is 2.